The monoisotopic (exact) mass is 627 g/mol. The van der Waals surface area contributed by atoms with Gasteiger partial charge in [-0.2, -0.15) is 0 Å². The van der Waals surface area contributed by atoms with E-state index >= 15 is 0 Å². The van der Waals surface area contributed by atoms with Crippen LogP contribution in [-0.4, -0.2) is 80.1 Å². The number of benzene rings is 3. The molecule has 3 N–H and O–H groups in total. The molecule has 3 amide bonds. The summed E-state index contributed by atoms with van der Waals surface area (Å²) >= 11 is 0. The lowest BCUT2D eigenvalue weighted by Crippen LogP contribution is -2.56. The molecule has 1 fully saturated rings. The number of ether oxygens (including phenoxy) is 4. The van der Waals surface area contributed by atoms with Gasteiger partial charge in [-0.15, -0.1) is 0 Å². The smallest absolute Gasteiger partial charge is 0.315 e. The molecule has 3 heterocycles. The van der Waals surface area contributed by atoms with Crippen LogP contribution in [0.15, 0.2) is 72.9 Å². The van der Waals surface area contributed by atoms with Crippen molar-refractivity contribution < 1.29 is 28.5 Å². The minimum atomic E-state index is -0.300. The summed E-state index contributed by atoms with van der Waals surface area (Å²) in [6, 6.07) is 21.0. The number of carbonyl (C=O) groups excluding carboxylic acids is 2. The minimum absolute atomic E-state index is 0.171. The first-order valence-electron chi connectivity index (χ1n) is 15.7. The molecular weight excluding hydrogens is 586 g/mol. The third-order valence-corrected chi connectivity index (χ3v) is 8.31. The molecule has 4 bridgehead atoms. The average molecular weight is 628 g/mol. The van der Waals surface area contributed by atoms with Gasteiger partial charge in [0.2, 0.25) is 0 Å². The van der Waals surface area contributed by atoms with Crippen LogP contribution in [0.5, 0.6) is 17.2 Å². The zero-order valence-electron chi connectivity index (χ0n) is 26.3. The van der Waals surface area contributed by atoms with Crippen molar-refractivity contribution >= 4 is 22.8 Å². The number of piperidine rings is 1. The van der Waals surface area contributed by atoms with E-state index in [4.69, 9.17) is 18.9 Å². The SMILES string of the molecule is COCCOc1cc2cc(c1)C(=O)NCCNC(=O)N[C@H]1CCN(Cc3ccc4ccn(C)c4c3)C[C@@H]1OCc1cccc(c1)O2. The second-order valence-electron chi connectivity index (χ2n) is 11.7. The number of aromatic nitrogens is 1. The standard InChI is InChI=1S/C35H41N5O6/c1-39-12-8-26-7-6-24(17-32(26)39)21-40-13-9-31-33(22-40)45-23-25-4-3-5-28(16-25)46-30-19-27(18-29(20-30)44-15-14-43-2)34(41)36-10-11-37-35(42)38-31/h3-8,12,16-20,31,33H,9-11,13-15,21-23H2,1-2H3,(H,36,41)(H2,37,38,42)/t31-,33-/m0/s1. The van der Waals surface area contributed by atoms with Gasteiger partial charge < -0.3 is 39.5 Å². The van der Waals surface area contributed by atoms with Gasteiger partial charge in [-0.05, 0) is 59.3 Å². The van der Waals surface area contributed by atoms with Crippen LogP contribution in [0.1, 0.15) is 27.9 Å². The number of fused-ring (bicyclic) bond motifs is 6. The molecule has 0 aliphatic carbocycles. The first-order chi connectivity index (χ1) is 22.4. The molecule has 4 aromatic rings. The van der Waals surface area contributed by atoms with Gasteiger partial charge in [0.25, 0.3) is 5.91 Å². The first-order valence-corrected chi connectivity index (χ1v) is 15.7. The highest BCUT2D eigenvalue weighted by atomic mass is 16.5. The zero-order valence-corrected chi connectivity index (χ0v) is 26.3. The molecule has 2 aliphatic rings. The van der Waals surface area contributed by atoms with Crippen LogP contribution in [0.4, 0.5) is 4.79 Å². The van der Waals surface area contributed by atoms with E-state index in [1.165, 1.54) is 16.5 Å². The fraction of sp³-hybridized carbons (Fsp3) is 0.371. The maximum atomic E-state index is 13.0. The van der Waals surface area contributed by atoms with Gasteiger partial charge in [0, 0.05) is 70.2 Å². The second-order valence-corrected chi connectivity index (χ2v) is 11.7. The van der Waals surface area contributed by atoms with Crippen molar-refractivity contribution in [2.75, 3.05) is 46.5 Å². The first kappa shape index (κ1) is 31.4. The third-order valence-electron chi connectivity index (χ3n) is 8.31. The molecular formula is C35H41N5O6. The van der Waals surface area contributed by atoms with Crippen LogP contribution in [0.25, 0.3) is 10.9 Å². The number of hydrogen-bond acceptors (Lipinski definition) is 7. The molecule has 0 saturated carbocycles. The van der Waals surface area contributed by atoms with Gasteiger partial charge in [0.1, 0.15) is 23.9 Å². The van der Waals surface area contributed by atoms with Crippen molar-refractivity contribution in [3.63, 3.8) is 0 Å². The second kappa shape index (κ2) is 14.7. The zero-order chi connectivity index (χ0) is 31.9. The van der Waals surface area contributed by atoms with E-state index in [0.29, 0.717) is 49.2 Å². The highest BCUT2D eigenvalue weighted by molar-refractivity contribution is 5.95. The Morgan fingerprint density at radius 2 is 1.85 bits per heavy atom. The molecule has 3 aromatic carbocycles. The summed E-state index contributed by atoms with van der Waals surface area (Å²) < 4.78 is 25.8. The number of hydrogen-bond donors (Lipinski definition) is 3. The van der Waals surface area contributed by atoms with Crippen LogP contribution >= 0.6 is 0 Å². The summed E-state index contributed by atoms with van der Waals surface area (Å²) in [5.74, 6) is 1.26. The summed E-state index contributed by atoms with van der Waals surface area (Å²) in [7, 11) is 3.66. The largest absolute Gasteiger partial charge is 0.491 e. The highest BCUT2D eigenvalue weighted by Crippen LogP contribution is 2.29. The number of carbonyl (C=O) groups is 2. The third kappa shape index (κ3) is 7.97. The number of rotatable bonds is 6. The molecule has 11 heteroatoms. The summed E-state index contributed by atoms with van der Waals surface area (Å²) in [5, 5.41) is 10.1. The van der Waals surface area contributed by atoms with Crippen LogP contribution in [0.3, 0.4) is 0 Å². The quantitative estimate of drug-likeness (QED) is 0.275. The minimum Gasteiger partial charge on any atom is -0.491 e. The Bertz CT molecular complexity index is 1670. The summed E-state index contributed by atoms with van der Waals surface area (Å²) in [4.78, 5) is 28.3. The van der Waals surface area contributed by atoms with E-state index in [2.05, 4.69) is 62.9 Å². The Labute approximate surface area is 268 Å². The molecule has 1 saturated heterocycles. The Morgan fingerprint density at radius 3 is 2.74 bits per heavy atom. The van der Waals surface area contributed by atoms with Crippen molar-refractivity contribution in [2.24, 2.45) is 7.05 Å². The molecule has 1 aromatic heterocycles. The van der Waals surface area contributed by atoms with Crippen molar-refractivity contribution in [2.45, 2.75) is 31.7 Å². The van der Waals surface area contributed by atoms with Crippen molar-refractivity contribution in [1.82, 2.24) is 25.4 Å². The molecule has 6 rings (SSSR count). The van der Waals surface area contributed by atoms with Gasteiger partial charge in [0.15, 0.2) is 0 Å². The van der Waals surface area contributed by atoms with E-state index in [0.717, 1.165) is 25.1 Å². The molecule has 2 aliphatic heterocycles. The summed E-state index contributed by atoms with van der Waals surface area (Å²) in [5.41, 5.74) is 3.76. The van der Waals surface area contributed by atoms with E-state index in [9.17, 15) is 9.59 Å². The maximum Gasteiger partial charge on any atom is 0.315 e. The fourth-order valence-corrected chi connectivity index (χ4v) is 5.92. The summed E-state index contributed by atoms with van der Waals surface area (Å²) in [6.45, 7) is 3.88. The number of amides is 3. The van der Waals surface area contributed by atoms with Gasteiger partial charge in [-0.1, -0.05) is 24.3 Å². The fourth-order valence-electron chi connectivity index (χ4n) is 5.92. The molecule has 11 nitrogen and oxygen atoms in total. The van der Waals surface area contributed by atoms with Gasteiger partial charge >= 0.3 is 6.03 Å². The average Bonchev–Trinajstić information content (AvgIpc) is 3.42. The lowest BCUT2D eigenvalue weighted by atomic mass is 10.0. The lowest BCUT2D eigenvalue weighted by molar-refractivity contribution is -0.0303. The number of likely N-dealkylation sites (tertiary alicyclic amines) is 1. The topological polar surface area (TPSA) is 115 Å². The maximum absolute atomic E-state index is 13.0. The van der Waals surface area contributed by atoms with Gasteiger partial charge in [-0.25, -0.2) is 4.79 Å². The number of nitrogens with zero attached hydrogens (tertiary/aromatic N) is 2. The number of methoxy groups -OCH3 is 1. The number of aryl methyl sites for hydroxylation is 1. The van der Waals surface area contributed by atoms with Crippen LogP contribution in [-0.2, 0) is 29.7 Å². The normalized spacial score (nSPS) is 19.5. The van der Waals surface area contributed by atoms with Crippen molar-refractivity contribution in [1.29, 1.82) is 0 Å². The van der Waals surface area contributed by atoms with Crippen molar-refractivity contribution in [3.05, 3.63) is 89.6 Å². The van der Waals surface area contributed by atoms with Crippen molar-refractivity contribution in [3.8, 4) is 17.2 Å². The molecule has 0 spiro atoms. The van der Waals surface area contributed by atoms with E-state index in [-0.39, 0.29) is 37.2 Å². The predicted octanol–water partition coefficient (Wildman–Crippen LogP) is 4.20. The molecule has 2 atom stereocenters. The lowest BCUT2D eigenvalue weighted by Gasteiger charge is -2.38. The number of urea groups is 1. The molecule has 46 heavy (non-hydrogen) atoms. The molecule has 0 unspecified atom stereocenters. The van der Waals surface area contributed by atoms with Crippen LogP contribution < -0.4 is 25.4 Å². The van der Waals surface area contributed by atoms with Gasteiger partial charge in [0.05, 0.1) is 25.4 Å². The highest BCUT2D eigenvalue weighted by Gasteiger charge is 2.31. The van der Waals surface area contributed by atoms with Gasteiger partial charge in [-0.3, -0.25) is 9.69 Å². The van der Waals surface area contributed by atoms with E-state index in [1.54, 1.807) is 25.3 Å². The Hall–Kier alpha value is -4.58. The number of nitrogens with one attached hydrogen (secondary N) is 3. The Morgan fingerprint density at radius 1 is 0.957 bits per heavy atom. The predicted molar refractivity (Wildman–Crippen MR) is 174 cm³/mol. The molecule has 242 valence electrons. The van der Waals surface area contributed by atoms with Crippen LogP contribution in [0.2, 0.25) is 0 Å². The summed E-state index contributed by atoms with van der Waals surface area (Å²) in [6.07, 6.45) is 2.59. The van der Waals surface area contributed by atoms with E-state index < -0.39 is 0 Å². The molecule has 0 radical (unpaired) electrons. The van der Waals surface area contributed by atoms with E-state index in [1.807, 2.05) is 24.3 Å². The van der Waals surface area contributed by atoms with Crippen LogP contribution in [0, 0.1) is 0 Å². The Balaban J connectivity index is 1.20. The Kier molecular flexibility index (Phi) is 10.0.